The molecule has 1 aliphatic carbocycles. The Morgan fingerprint density at radius 1 is 1.30 bits per heavy atom. The summed E-state index contributed by atoms with van der Waals surface area (Å²) in [4.78, 5) is 28.0. The van der Waals surface area contributed by atoms with Crippen molar-refractivity contribution in [1.29, 1.82) is 5.26 Å². The first-order chi connectivity index (χ1) is 14.4. The molecule has 7 heteroatoms. The second-order valence-corrected chi connectivity index (χ2v) is 8.03. The van der Waals surface area contributed by atoms with Crippen LogP contribution in [0.4, 0.5) is 5.69 Å². The molecule has 0 unspecified atom stereocenters. The minimum Gasteiger partial charge on any atom is -0.452 e. The van der Waals surface area contributed by atoms with Gasteiger partial charge in [-0.15, -0.1) is 0 Å². The molecule has 1 amide bonds. The summed E-state index contributed by atoms with van der Waals surface area (Å²) in [6, 6.07) is 11.9. The van der Waals surface area contributed by atoms with Gasteiger partial charge in [-0.05, 0) is 67.1 Å². The number of ether oxygens (including phenoxy) is 1. The zero-order valence-corrected chi connectivity index (χ0v) is 17.2. The number of hydrogen-bond acceptors (Lipinski definition) is 4. The largest absolute Gasteiger partial charge is 0.452 e. The fraction of sp³-hybridized carbons (Fsp3) is 0.261. The summed E-state index contributed by atoms with van der Waals surface area (Å²) in [6.45, 7) is 1.82. The first kappa shape index (κ1) is 20.0. The third-order valence-corrected chi connectivity index (χ3v) is 5.69. The number of rotatable bonds is 4. The van der Waals surface area contributed by atoms with Gasteiger partial charge >= 0.3 is 5.97 Å². The Bertz CT molecular complexity index is 1190. The molecular weight excluding hydrogens is 402 g/mol. The van der Waals surface area contributed by atoms with E-state index in [-0.39, 0.29) is 5.02 Å². The number of carbonyl (C=O) groups excluding carboxylic acids is 2. The van der Waals surface area contributed by atoms with Gasteiger partial charge in [-0.25, -0.2) is 4.79 Å². The molecule has 2 aromatic carbocycles. The monoisotopic (exact) mass is 421 g/mol. The van der Waals surface area contributed by atoms with Crippen LogP contribution in [-0.4, -0.2) is 23.5 Å². The second-order valence-electron chi connectivity index (χ2n) is 7.62. The number of amides is 1. The maximum atomic E-state index is 12.5. The zero-order chi connectivity index (χ0) is 21.3. The number of hydrogen-bond donors (Lipinski definition) is 2. The molecule has 2 N–H and O–H groups in total. The highest BCUT2D eigenvalue weighted by molar-refractivity contribution is 6.32. The number of halogens is 1. The third-order valence-electron chi connectivity index (χ3n) is 5.38. The van der Waals surface area contributed by atoms with E-state index in [2.05, 4.69) is 17.2 Å². The molecule has 4 rings (SSSR count). The summed E-state index contributed by atoms with van der Waals surface area (Å²) in [6.07, 6.45) is 3.17. The number of fused-ring (bicyclic) bond motifs is 3. The van der Waals surface area contributed by atoms with Crippen molar-refractivity contribution in [2.24, 2.45) is 5.92 Å². The number of nitrogens with zero attached hydrogens (tertiary/aromatic N) is 1. The van der Waals surface area contributed by atoms with Gasteiger partial charge in [0.05, 0.1) is 16.1 Å². The van der Waals surface area contributed by atoms with Crippen LogP contribution in [0.1, 0.15) is 40.5 Å². The van der Waals surface area contributed by atoms with Crippen molar-refractivity contribution in [2.45, 2.75) is 26.2 Å². The van der Waals surface area contributed by atoms with E-state index in [0.29, 0.717) is 22.7 Å². The molecule has 1 aromatic heterocycles. The summed E-state index contributed by atoms with van der Waals surface area (Å²) in [5.41, 5.74) is 4.69. The Morgan fingerprint density at radius 3 is 2.90 bits per heavy atom. The van der Waals surface area contributed by atoms with E-state index in [4.69, 9.17) is 21.6 Å². The maximum Gasteiger partial charge on any atom is 0.338 e. The number of nitriles is 1. The molecule has 0 saturated heterocycles. The predicted octanol–water partition coefficient (Wildman–Crippen LogP) is 4.61. The van der Waals surface area contributed by atoms with Crippen LogP contribution in [0.5, 0.6) is 0 Å². The van der Waals surface area contributed by atoms with Gasteiger partial charge in [-0.1, -0.05) is 18.5 Å². The van der Waals surface area contributed by atoms with Crippen LogP contribution < -0.4 is 5.32 Å². The first-order valence-electron chi connectivity index (χ1n) is 9.74. The van der Waals surface area contributed by atoms with E-state index >= 15 is 0 Å². The van der Waals surface area contributed by atoms with Crippen molar-refractivity contribution in [1.82, 2.24) is 4.98 Å². The Balaban J connectivity index is 1.42. The molecule has 6 nitrogen and oxygen atoms in total. The molecule has 0 fully saturated rings. The molecule has 1 heterocycles. The van der Waals surface area contributed by atoms with Crippen LogP contribution in [0, 0.1) is 17.2 Å². The van der Waals surface area contributed by atoms with Crippen LogP contribution >= 0.6 is 11.6 Å². The van der Waals surface area contributed by atoms with Gasteiger partial charge in [0.25, 0.3) is 5.91 Å². The molecule has 30 heavy (non-hydrogen) atoms. The molecule has 0 saturated carbocycles. The molecule has 1 atom stereocenters. The van der Waals surface area contributed by atoms with E-state index in [1.54, 1.807) is 12.1 Å². The normalized spacial score (nSPS) is 15.3. The van der Waals surface area contributed by atoms with Gasteiger partial charge in [-0.2, -0.15) is 5.26 Å². The van der Waals surface area contributed by atoms with E-state index in [0.717, 1.165) is 30.2 Å². The highest BCUT2D eigenvalue weighted by atomic mass is 35.5. The van der Waals surface area contributed by atoms with Crippen LogP contribution in [-0.2, 0) is 22.4 Å². The highest BCUT2D eigenvalue weighted by Gasteiger charge is 2.21. The van der Waals surface area contributed by atoms with Gasteiger partial charge in [0.15, 0.2) is 6.61 Å². The number of carbonyl (C=O) groups is 2. The second kappa shape index (κ2) is 8.21. The maximum absolute atomic E-state index is 12.5. The average Bonchev–Trinajstić information content (AvgIpc) is 3.09. The van der Waals surface area contributed by atoms with Crippen molar-refractivity contribution in [3.8, 4) is 6.07 Å². The average molecular weight is 422 g/mol. The van der Waals surface area contributed by atoms with E-state index in [9.17, 15) is 9.59 Å². The quantitative estimate of drug-likeness (QED) is 0.601. The Kier molecular flexibility index (Phi) is 5.47. The minimum atomic E-state index is -0.552. The van der Waals surface area contributed by atoms with Crippen molar-refractivity contribution in [3.63, 3.8) is 0 Å². The zero-order valence-electron chi connectivity index (χ0n) is 16.4. The van der Waals surface area contributed by atoms with Gasteiger partial charge < -0.3 is 15.0 Å². The Hall–Kier alpha value is -3.30. The predicted molar refractivity (Wildman–Crippen MR) is 115 cm³/mol. The van der Waals surface area contributed by atoms with Gasteiger partial charge in [0.1, 0.15) is 6.07 Å². The van der Waals surface area contributed by atoms with Crippen molar-refractivity contribution in [2.75, 3.05) is 11.9 Å². The first-order valence-corrected chi connectivity index (χ1v) is 10.1. The summed E-state index contributed by atoms with van der Waals surface area (Å²) in [5, 5.41) is 12.8. The summed E-state index contributed by atoms with van der Waals surface area (Å²) in [7, 11) is 0. The van der Waals surface area contributed by atoms with E-state index in [1.807, 2.05) is 18.2 Å². The molecule has 0 spiro atoms. The SMILES string of the molecule is C[C@@H]1CCc2[nH]c3ccc(C(=O)OCC(=O)Nc4ccc(C#N)c(Cl)c4)cc3c2C1. The Morgan fingerprint density at radius 2 is 2.13 bits per heavy atom. The van der Waals surface area contributed by atoms with Crippen LogP contribution in [0.15, 0.2) is 36.4 Å². The number of esters is 1. The number of H-pyrrole nitrogens is 1. The fourth-order valence-corrected chi connectivity index (χ4v) is 4.04. The van der Waals surface area contributed by atoms with Crippen LogP contribution in [0.2, 0.25) is 5.02 Å². The van der Waals surface area contributed by atoms with Crippen LogP contribution in [0.25, 0.3) is 10.9 Å². The number of aryl methyl sites for hydroxylation is 1. The summed E-state index contributed by atoms with van der Waals surface area (Å²) < 4.78 is 5.18. The number of aromatic nitrogens is 1. The molecule has 3 aromatic rings. The molecular formula is C23H20ClN3O3. The molecule has 0 radical (unpaired) electrons. The summed E-state index contributed by atoms with van der Waals surface area (Å²) in [5.74, 6) is -0.423. The standard InChI is InChI=1S/C23H20ClN3O3/c1-13-2-6-20-17(8-13)18-9-14(4-7-21(18)27-20)23(29)30-12-22(28)26-16-5-3-15(11-25)19(24)10-16/h3-5,7,9-10,13,27H,2,6,8,12H2,1H3,(H,26,28)/t13-/m1/s1. The van der Waals surface area contributed by atoms with Crippen molar-refractivity contribution in [3.05, 3.63) is 63.8 Å². The lowest BCUT2D eigenvalue weighted by atomic mass is 9.87. The fourth-order valence-electron chi connectivity index (χ4n) is 3.81. The lowest BCUT2D eigenvalue weighted by Gasteiger charge is -2.18. The lowest BCUT2D eigenvalue weighted by Crippen LogP contribution is -2.21. The Labute approximate surface area is 178 Å². The third kappa shape index (κ3) is 4.03. The van der Waals surface area contributed by atoms with E-state index < -0.39 is 18.5 Å². The van der Waals surface area contributed by atoms with Crippen LogP contribution in [0.3, 0.4) is 0 Å². The molecule has 0 bridgehead atoms. The molecule has 0 aliphatic heterocycles. The molecule has 152 valence electrons. The number of aromatic amines is 1. The van der Waals surface area contributed by atoms with Crippen molar-refractivity contribution >= 4 is 40.1 Å². The smallest absolute Gasteiger partial charge is 0.338 e. The van der Waals surface area contributed by atoms with Gasteiger partial charge in [0.2, 0.25) is 0 Å². The number of benzene rings is 2. The number of anilines is 1. The summed E-state index contributed by atoms with van der Waals surface area (Å²) >= 11 is 5.96. The highest BCUT2D eigenvalue weighted by Crippen LogP contribution is 2.32. The number of nitrogens with one attached hydrogen (secondary N) is 2. The minimum absolute atomic E-state index is 0.241. The topological polar surface area (TPSA) is 95.0 Å². The van der Waals surface area contributed by atoms with Gasteiger partial charge in [0, 0.05) is 22.3 Å². The van der Waals surface area contributed by atoms with Gasteiger partial charge in [-0.3, -0.25) is 4.79 Å². The molecule has 1 aliphatic rings. The van der Waals surface area contributed by atoms with Crippen molar-refractivity contribution < 1.29 is 14.3 Å². The van der Waals surface area contributed by atoms with E-state index in [1.165, 1.54) is 23.4 Å². The lowest BCUT2D eigenvalue weighted by molar-refractivity contribution is -0.119.